The lowest BCUT2D eigenvalue weighted by Gasteiger charge is -2.24. The van der Waals surface area contributed by atoms with Gasteiger partial charge < -0.3 is 0 Å². The van der Waals surface area contributed by atoms with Crippen molar-refractivity contribution in [3.05, 3.63) is 82.4 Å². The molecule has 0 saturated heterocycles. The summed E-state index contributed by atoms with van der Waals surface area (Å²) in [5.74, 6) is 5.04. The van der Waals surface area contributed by atoms with Crippen molar-refractivity contribution in [2.24, 2.45) is 5.92 Å². The van der Waals surface area contributed by atoms with Crippen LogP contribution in [0.5, 0.6) is 0 Å². The predicted molar refractivity (Wildman–Crippen MR) is 98.3 cm³/mol. The van der Waals surface area contributed by atoms with Crippen LogP contribution in [-0.2, 0) is 12.8 Å². The van der Waals surface area contributed by atoms with Crippen molar-refractivity contribution in [1.29, 1.82) is 0 Å². The molecule has 0 bridgehead atoms. The van der Waals surface area contributed by atoms with Gasteiger partial charge in [-0.05, 0) is 86.4 Å². The van der Waals surface area contributed by atoms with Gasteiger partial charge in [-0.3, -0.25) is 0 Å². The average molecular weight is 336 g/mol. The van der Waals surface area contributed by atoms with E-state index in [1.54, 1.807) is 0 Å². The number of hydrogen-bond acceptors (Lipinski definition) is 0. The van der Waals surface area contributed by atoms with Crippen molar-refractivity contribution < 1.29 is 8.78 Å². The molecule has 0 aromatic heterocycles. The van der Waals surface area contributed by atoms with Crippen LogP contribution in [0.3, 0.4) is 0 Å². The van der Waals surface area contributed by atoms with Gasteiger partial charge in [0.15, 0.2) is 11.6 Å². The van der Waals surface area contributed by atoms with Crippen LogP contribution < -0.4 is 0 Å². The first-order chi connectivity index (χ1) is 12.2. The fraction of sp³-hybridized carbons (Fsp3) is 0.304. The van der Waals surface area contributed by atoms with E-state index in [-0.39, 0.29) is 0 Å². The Morgan fingerprint density at radius 2 is 1.76 bits per heavy atom. The highest BCUT2D eigenvalue weighted by Crippen LogP contribution is 2.29. The van der Waals surface area contributed by atoms with Crippen molar-refractivity contribution in [1.82, 2.24) is 0 Å². The first kappa shape index (κ1) is 17.4. The number of hydrogen-bond donors (Lipinski definition) is 0. The first-order valence-electron chi connectivity index (χ1n) is 8.85. The summed E-state index contributed by atoms with van der Waals surface area (Å²) in [5, 5.41) is 0. The third kappa shape index (κ3) is 4.57. The Morgan fingerprint density at radius 3 is 2.52 bits per heavy atom. The van der Waals surface area contributed by atoms with Crippen LogP contribution in [0.2, 0.25) is 0 Å². The second kappa shape index (κ2) is 8.12. The SMILES string of the molecule is C/C=C/CCC1CCc2cc(C#Cc3ccc(F)c(F)c3)ccc2C1. The van der Waals surface area contributed by atoms with Crippen LogP contribution in [0, 0.1) is 29.4 Å². The van der Waals surface area contributed by atoms with Crippen LogP contribution in [-0.4, -0.2) is 0 Å². The van der Waals surface area contributed by atoms with Gasteiger partial charge in [-0.1, -0.05) is 30.1 Å². The van der Waals surface area contributed by atoms with Crippen LogP contribution >= 0.6 is 0 Å². The molecule has 128 valence electrons. The van der Waals surface area contributed by atoms with Gasteiger partial charge >= 0.3 is 0 Å². The minimum Gasteiger partial charge on any atom is -0.204 e. The van der Waals surface area contributed by atoms with E-state index in [9.17, 15) is 8.78 Å². The van der Waals surface area contributed by atoms with E-state index in [1.165, 1.54) is 30.0 Å². The van der Waals surface area contributed by atoms with Crippen LogP contribution in [0.25, 0.3) is 0 Å². The Labute approximate surface area is 148 Å². The first-order valence-corrected chi connectivity index (χ1v) is 8.85. The average Bonchev–Trinajstić information content (AvgIpc) is 2.63. The second-order valence-electron chi connectivity index (χ2n) is 6.62. The van der Waals surface area contributed by atoms with E-state index in [2.05, 4.69) is 43.0 Å². The fourth-order valence-electron chi connectivity index (χ4n) is 3.37. The van der Waals surface area contributed by atoms with Gasteiger partial charge in [0.25, 0.3) is 0 Å². The largest absolute Gasteiger partial charge is 0.204 e. The maximum Gasteiger partial charge on any atom is 0.160 e. The van der Waals surface area contributed by atoms with Gasteiger partial charge in [-0.2, -0.15) is 0 Å². The molecule has 0 heterocycles. The van der Waals surface area contributed by atoms with Crippen LogP contribution in [0.15, 0.2) is 48.6 Å². The molecule has 0 aliphatic heterocycles. The molecule has 25 heavy (non-hydrogen) atoms. The summed E-state index contributed by atoms with van der Waals surface area (Å²) in [6.07, 6.45) is 10.2. The molecule has 0 spiro atoms. The van der Waals surface area contributed by atoms with Crippen molar-refractivity contribution in [2.45, 2.75) is 39.0 Å². The Balaban J connectivity index is 1.70. The zero-order chi connectivity index (χ0) is 17.6. The van der Waals surface area contributed by atoms with Gasteiger partial charge in [0.2, 0.25) is 0 Å². The topological polar surface area (TPSA) is 0 Å². The van der Waals surface area contributed by atoms with Crippen molar-refractivity contribution in [3.8, 4) is 11.8 Å². The summed E-state index contributed by atoms with van der Waals surface area (Å²) in [6, 6.07) is 10.1. The van der Waals surface area contributed by atoms with Crippen molar-refractivity contribution in [3.63, 3.8) is 0 Å². The van der Waals surface area contributed by atoms with Gasteiger partial charge in [0.1, 0.15) is 0 Å². The third-order valence-corrected chi connectivity index (χ3v) is 4.78. The lowest BCUT2D eigenvalue weighted by atomic mass is 9.81. The quantitative estimate of drug-likeness (QED) is 0.489. The molecule has 0 saturated carbocycles. The smallest absolute Gasteiger partial charge is 0.160 e. The minimum absolute atomic E-state index is 0.487. The summed E-state index contributed by atoms with van der Waals surface area (Å²) < 4.78 is 26.2. The maximum atomic E-state index is 13.2. The van der Waals surface area contributed by atoms with E-state index < -0.39 is 11.6 Å². The molecule has 1 aliphatic rings. The monoisotopic (exact) mass is 336 g/mol. The number of benzene rings is 2. The highest BCUT2D eigenvalue weighted by molar-refractivity contribution is 5.46. The lowest BCUT2D eigenvalue weighted by Crippen LogP contribution is -2.14. The Bertz CT molecular complexity index is 837. The molecular weight excluding hydrogens is 314 g/mol. The number of rotatable bonds is 3. The van der Waals surface area contributed by atoms with E-state index in [1.807, 2.05) is 6.07 Å². The molecule has 0 amide bonds. The van der Waals surface area contributed by atoms with Crippen molar-refractivity contribution >= 4 is 0 Å². The number of aryl methyl sites for hydroxylation is 1. The Morgan fingerprint density at radius 1 is 1.00 bits per heavy atom. The Hall–Kier alpha value is -2.40. The molecule has 1 aliphatic carbocycles. The molecule has 0 N–H and O–H groups in total. The van der Waals surface area contributed by atoms with E-state index >= 15 is 0 Å². The zero-order valence-corrected chi connectivity index (χ0v) is 14.5. The molecule has 2 aromatic carbocycles. The molecule has 1 atom stereocenters. The molecule has 0 fully saturated rings. The van der Waals surface area contributed by atoms with Gasteiger partial charge in [0.05, 0.1) is 0 Å². The van der Waals surface area contributed by atoms with Gasteiger partial charge in [-0.25, -0.2) is 8.78 Å². The highest BCUT2D eigenvalue weighted by Gasteiger charge is 2.18. The number of halogens is 2. The molecule has 0 radical (unpaired) electrons. The summed E-state index contributed by atoms with van der Waals surface area (Å²) in [7, 11) is 0. The minimum atomic E-state index is -0.860. The summed E-state index contributed by atoms with van der Waals surface area (Å²) in [5.41, 5.74) is 4.21. The zero-order valence-electron chi connectivity index (χ0n) is 14.5. The van der Waals surface area contributed by atoms with E-state index in [4.69, 9.17) is 0 Å². The standard InChI is InChI=1S/C23H22F2/c1-2-3-4-5-17-8-11-21-15-18(9-12-20(21)14-17)6-7-19-10-13-22(24)23(25)16-19/h2-3,9-10,12-13,15-17H,4-5,8,11,14H2,1H3/b3-2+. The van der Waals surface area contributed by atoms with Gasteiger partial charge in [-0.15, -0.1) is 0 Å². The molecule has 2 heteroatoms. The predicted octanol–water partition coefficient (Wildman–Crippen LogP) is 5.83. The van der Waals surface area contributed by atoms with Crippen LogP contribution in [0.4, 0.5) is 8.78 Å². The third-order valence-electron chi connectivity index (χ3n) is 4.78. The van der Waals surface area contributed by atoms with Gasteiger partial charge in [0, 0.05) is 11.1 Å². The normalized spacial score (nSPS) is 16.4. The van der Waals surface area contributed by atoms with Crippen molar-refractivity contribution in [2.75, 3.05) is 0 Å². The Kier molecular flexibility index (Phi) is 5.66. The number of allylic oxidation sites excluding steroid dienone is 2. The van der Waals surface area contributed by atoms with Crippen LogP contribution in [0.1, 0.15) is 48.4 Å². The maximum absolute atomic E-state index is 13.2. The molecule has 0 nitrogen and oxygen atoms in total. The van der Waals surface area contributed by atoms with E-state index in [0.29, 0.717) is 5.56 Å². The summed E-state index contributed by atoms with van der Waals surface area (Å²) in [6.45, 7) is 2.07. The number of fused-ring (bicyclic) bond motifs is 1. The lowest BCUT2D eigenvalue weighted by molar-refractivity contribution is 0.430. The highest BCUT2D eigenvalue weighted by atomic mass is 19.2. The summed E-state index contributed by atoms with van der Waals surface area (Å²) >= 11 is 0. The summed E-state index contributed by atoms with van der Waals surface area (Å²) in [4.78, 5) is 0. The molecular formula is C23H22F2. The molecule has 2 aromatic rings. The molecule has 1 unspecified atom stereocenters. The molecule has 3 rings (SSSR count). The fourth-order valence-corrected chi connectivity index (χ4v) is 3.37. The van der Waals surface area contributed by atoms with E-state index in [0.717, 1.165) is 42.9 Å². The second-order valence-corrected chi connectivity index (χ2v) is 6.62.